The molecule has 4 nitrogen and oxygen atoms in total. The minimum absolute atomic E-state index is 0.141. The Bertz CT molecular complexity index is 1000. The zero-order valence-electron chi connectivity index (χ0n) is 15.8. The zero-order valence-corrected chi connectivity index (χ0v) is 16.5. The number of rotatable bonds is 5. The first kappa shape index (κ1) is 19.6. The zero-order chi connectivity index (χ0) is 20.1. The summed E-state index contributed by atoms with van der Waals surface area (Å²) >= 11 is 6.11. The largest absolute Gasteiger partial charge is 0.337 e. The van der Waals surface area contributed by atoms with E-state index in [1.54, 1.807) is 54.4 Å². The number of carbonyl (C=O) groups is 2. The van der Waals surface area contributed by atoms with Gasteiger partial charge in [-0.2, -0.15) is 0 Å². The van der Waals surface area contributed by atoms with Crippen molar-refractivity contribution in [3.8, 4) is 0 Å². The summed E-state index contributed by atoms with van der Waals surface area (Å²) in [5.74, 6) is -0.428. The minimum Gasteiger partial charge on any atom is -0.337 e. The predicted molar refractivity (Wildman–Crippen MR) is 113 cm³/mol. The number of amides is 2. The fourth-order valence-corrected chi connectivity index (χ4v) is 3.05. The molecule has 0 aliphatic rings. The van der Waals surface area contributed by atoms with Gasteiger partial charge in [0.15, 0.2) is 0 Å². The van der Waals surface area contributed by atoms with Gasteiger partial charge in [0, 0.05) is 35.4 Å². The van der Waals surface area contributed by atoms with Crippen LogP contribution in [0, 0.1) is 6.92 Å². The summed E-state index contributed by atoms with van der Waals surface area (Å²) in [6, 6.07) is 21.8. The highest BCUT2D eigenvalue weighted by atomic mass is 35.5. The molecule has 0 fully saturated rings. The Labute approximate surface area is 169 Å². The van der Waals surface area contributed by atoms with Gasteiger partial charge in [-0.1, -0.05) is 54.1 Å². The van der Waals surface area contributed by atoms with E-state index in [2.05, 4.69) is 5.32 Å². The Hall–Kier alpha value is -3.11. The molecule has 0 radical (unpaired) electrons. The van der Waals surface area contributed by atoms with Crippen molar-refractivity contribution in [2.24, 2.45) is 0 Å². The van der Waals surface area contributed by atoms with Crippen LogP contribution in [0.25, 0.3) is 0 Å². The van der Waals surface area contributed by atoms with E-state index in [9.17, 15) is 9.59 Å². The Morgan fingerprint density at radius 1 is 0.929 bits per heavy atom. The van der Waals surface area contributed by atoms with Crippen molar-refractivity contribution in [2.75, 3.05) is 12.4 Å². The molecule has 28 heavy (non-hydrogen) atoms. The summed E-state index contributed by atoms with van der Waals surface area (Å²) < 4.78 is 0. The van der Waals surface area contributed by atoms with Crippen molar-refractivity contribution >= 4 is 29.1 Å². The van der Waals surface area contributed by atoms with Crippen molar-refractivity contribution in [1.29, 1.82) is 0 Å². The maximum atomic E-state index is 12.8. The van der Waals surface area contributed by atoms with E-state index < -0.39 is 0 Å². The first-order valence-electron chi connectivity index (χ1n) is 8.91. The summed E-state index contributed by atoms with van der Waals surface area (Å²) in [7, 11) is 1.75. The SMILES string of the molecule is Cc1c(Cl)cccc1NC(=O)c1cccc(C(=O)N(C)Cc2ccccc2)c1. The van der Waals surface area contributed by atoms with Gasteiger partial charge in [0.2, 0.25) is 0 Å². The predicted octanol–water partition coefficient (Wildman–Crippen LogP) is 5.17. The number of anilines is 1. The van der Waals surface area contributed by atoms with Gasteiger partial charge in [-0.3, -0.25) is 9.59 Å². The van der Waals surface area contributed by atoms with Gasteiger partial charge in [0.1, 0.15) is 0 Å². The van der Waals surface area contributed by atoms with Crippen LogP contribution in [0.15, 0.2) is 72.8 Å². The molecular weight excluding hydrogens is 372 g/mol. The van der Waals surface area contributed by atoms with E-state index in [0.717, 1.165) is 11.1 Å². The second-order valence-corrected chi connectivity index (χ2v) is 7.00. The Morgan fingerprint density at radius 3 is 2.36 bits per heavy atom. The van der Waals surface area contributed by atoms with Crippen LogP contribution in [0.1, 0.15) is 31.8 Å². The lowest BCUT2D eigenvalue weighted by Crippen LogP contribution is -2.26. The average Bonchev–Trinajstić information content (AvgIpc) is 2.71. The highest BCUT2D eigenvalue weighted by Crippen LogP contribution is 2.23. The molecule has 0 aliphatic heterocycles. The molecular formula is C23H21ClN2O2. The minimum atomic E-state index is -0.286. The number of carbonyl (C=O) groups excluding carboxylic acids is 2. The van der Waals surface area contributed by atoms with Crippen LogP contribution in [0.5, 0.6) is 0 Å². The van der Waals surface area contributed by atoms with Gasteiger partial charge in [-0.25, -0.2) is 0 Å². The molecule has 0 spiro atoms. The quantitative estimate of drug-likeness (QED) is 0.650. The molecule has 0 aromatic heterocycles. The normalized spacial score (nSPS) is 10.4. The third kappa shape index (κ3) is 4.59. The molecule has 2 amide bonds. The number of hydrogen-bond acceptors (Lipinski definition) is 2. The molecule has 0 saturated heterocycles. The maximum Gasteiger partial charge on any atom is 0.255 e. The van der Waals surface area contributed by atoms with Crippen molar-refractivity contribution < 1.29 is 9.59 Å². The van der Waals surface area contributed by atoms with Gasteiger partial charge in [-0.05, 0) is 48.4 Å². The summed E-state index contributed by atoms with van der Waals surface area (Å²) in [6.07, 6.45) is 0. The molecule has 0 heterocycles. The fraction of sp³-hybridized carbons (Fsp3) is 0.130. The first-order valence-corrected chi connectivity index (χ1v) is 9.29. The van der Waals surface area contributed by atoms with E-state index in [-0.39, 0.29) is 11.8 Å². The fourth-order valence-electron chi connectivity index (χ4n) is 2.88. The summed E-state index contributed by atoms with van der Waals surface area (Å²) in [5.41, 5.74) is 3.37. The number of nitrogens with zero attached hydrogens (tertiary/aromatic N) is 1. The summed E-state index contributed by atoms with van der Waals surface area (Å²) in [4.78, 5) is 27.0. The third-order valence-electron chi connectivity index (χ3n) is 4.50. The lowest BCUT2D eigenvalue weighted by atomic mass is 10.1. The van der Waals surface area contributed by atoms with Crippen LogP contribution in [-0.4, -0.2) is 23.8 Å². The maximum absolute atomic E-state index is 12.8. The van der Waals surface area contributed by atoms with E-state index in [4.69, 9.17) is 11.6 Å². The van der Waals surface area contributed by atoms with Gasteiger partial charge in [0.25, 0.3) is 11.8 Å². The van der Waals surface area contributed by atoms with E-state index in [1.165, 1.54) is 0 Å². The van der Waals surface area contributed by atoms with E-state index in [1.807, 2.05) is 37.3 Å². The van der Waals surface area contributed by atoms with E-state index >= 15 is 0 Å². The van der Waals surface area contributed by atoms with Crippen LogP contribution in [-0.2, 0) is 6.54 Å². The van der Waals surface area contributed by atoms with Gasteiger partial charge >= 0.3 is 0 Å². The Morgan fingerprint density at radius 2 is 1.61 bits per heavy atom. The molecule has 0 atom stereocenters. The third-order valence-corrected chi connectivity index (χ3v) is 4.91. The van der Waals surface area contributed by atoms with Crippen molar-refractivity contribution in [1.82, 2.24) is 4.90 Å². The van der Waals surface area contributed by atoms with Gasteiger partial charge in [0.05, 0.1) is 0 Å². The standard InChI is InChI=1S/C23H21ClN2O2/c1-16-20(24)12-7-13-21(16)25-22(27)18-10-6-11-19(14-18)23(28)26(2)15-17-8-4-3-5-9-17/h3-14H,15H2,1-2H3,(H,25,27). The van der Waals surface area contributed by atoms with Gasteiger partial charge < -0.3 is 10.2 Å². The second kappa shape index (κ2) is 8.72. The Kier molecular flexibility index (Phi) is 6.12. The number of hydrogen-bond donors (Lipinski definition) is 1. The van der Waals surface area contributed by atoms with Crippen LogP contribution in [0.4, 0.5) is 5.69 Å². The molecule has 3 aromatic rings. The summed E-state index contributed by atoms with van der Waals surface area (Å²) in [6.45, 7) is 2.34. The highest BCUT2D eigenvalue weighted by molar-refractivity contribution is 6.31. The topological polar surface area (TPSA) is 49.4 Å². The van der Waals surface area contributed by atoms with Crippen LogP contribution in [0.2, 0.25) is 5.02 Å². The summed E-state index contributed by atoms with van der Waals surface area (Å²) in [5, 5.41) is 3.44. The lowest BCUT2D eigenvalue weighted by molar-refractivity contribution is 0.0785. The first-order chi connectivity index (χ1) is 13.5. The lowest BCUT2D eigenvalue weighted by Gasteiger charge is -2.18. The number of nitrogens with one attached hydrogen (secondary N) is 1. The number of benzene rings is 3. The van der Waals surface area contributed by atoms with E-state index in [0.29, 0.717) is 28.4 Å². The van der Waals surface area contributed by atoms with Crippen LogP contribution in [0.3, 0.4) is 0 Å². The van der Waals surface area contributed by atoms with Crippen molar-refractivity contribution in [3.05, 3.63) is 100 Å². The molecule has 3 rings (SSSR count). The average molecular weight is 393 g/mol. The molecule has 0 unspecified atom stereocenters. The molecule has 1 N–H and O–H groups in total. The highest BCUT2D eigenvalue weighted by Gasteiger charge is 2.15. The molecule has 0 aliphatic carbocycles. The molecule has 142 valence electrons. The molecule has 0 bridgehead atoms. The monoisotopic (exact) mass is 392 g/mol. The molecule has 3 aromatic carbocycles. The van der Waals surface area contributed by atoms with Gasteiger partial charge in [-0.15, -0.1) is 0 Å². The molecule has 0 saturated carbocycles. The second-order valence-electron chi connectivity index (χ2n) is 6.59. The van der Waals surface area contributed by atoms with Crippen molar-refractivity contribution in [2.45, 2.75) is 13.5 Å². The number of halogens is 1. The van der Waals surface area contributed by atoms with Crippen molar-refractivity contribution in [3.63, 3.8) is 0 Å². The van der Waals surface area contributed by atoms with Crippen LogP contribution < -0.4 is 5.32 Å². The smallest absolute Gasteiger partial charge is 0.255 e. The Balaban J connectivity index is 1.75. The van der Waals surface area contributed by atoms with Crippen LogP contribution >= 0.6 is 11.6 Å². The molecule has 5 heteroatoms.